The Balaban J connectivity index is 1.83. The van der Waals surface area contributed by atoms with E-state index in [2.05, 4.69) is 29.6 Å². The number of halogens is 3. The van der Waals surface area contributed by atoms with E-state index in [0.717, 1.165) is 61.5 Å². The molecule has 0 radical (unpaired) electrons. The minimum Gasteiger partial charge on any atom is -0.311 e. The van der Waals surface area contributed by atoms with Gasteiger partial charge in [0.15, 0.2) is 0 Å². The predicted octanol–water partition coefficient (Wildman–Crippen LogP) is 4.31. The lowest BCUT2D eigenvalue weighted by atomic mass is 10.0. The molecule has 2 N–H and O–H groups in total. The van der Waals surface area contributed by atoms with Crippen molar-refractivity contribution in [3.63, 3.8) is 0 Å². The van der Waals surface area contributed by atoms with Crippen molar-refractivity contribution in [3.8, 4) is 11.1 Å². The van der Waals surface area contributed by atoms with Crippen LogP contribution in [0.5, 0.6) is 0 Å². The van der Waals surface area contributed by atoms with Crippen LogP contribution in [0.2, 0.25) is 0 Å². The summed E-state index contributed by atoms with van der Waals surface area (Å²) >= 11 is 0. The van der Waals surface area contributed by atoms with Gasteiger partial charge in [0, 0.05) is 32.7 Å². The Morgan fingerprint density at radius 2 is 1.35 bits per heavy atom. The Kier molecular flexibility index (Phi) is 7.63. The van der Waals surface area contributed by atoms with E-state index < -0.39 is 11.7 Å². The molecule has 0 heterocycles. The molecule has 6 heteroatoms. The first kappa shape index (κ1) is 20.4. The molecule has 0 spiro atoms. The minimum atomic E-state index is -4.30. The van der Waals surface area contributed by atoms with Gasteiger partial charge in [0.05, 0.1) is 5.56 Å². The topological polar surface area (TPSA) is 27.3 Å². The van der Waals surface area contributed by atoms with Crippen molar-refractivity contribution >= 4 is 0 Å². The molecule has 26 heavy (non-hydrogen) atoms. The van der Waals surface area contributed by atoms with E-state index in [9.17, 15) is 13.2 Å². The number of rotatable bonds is 9. The Hall–Kier alpha value is -1.89. The maximum Gasteiger partial charge on any atom is 0.416 e. The Morgan fingerprint density at radius 1 is 0.808 bits per heavy atom. The summed E-state index contributed by atoms with van der Waals surface area (Å²) in [4.78, 5) is 0. The van der Waals surface area contributed by atoms with Gasteiger partial charge in [-0.05, 0) is 28.8 Å². The summed E-state index contributed by atoms with van der Waals surface area (Å²) < 4.78 is 37.9. The summed E-state index contributed by atoms with van der Waals surface area (Å²) in [6.45, 7) is 8.66. The second-order valence-corrected chi connectivity index (χ2v) is 6.03. The van der Waals surface area contributed by atoms with Gasteiger partial charge < -0.3 is 5.32 Å². The van der Waals surface area contributed by atoms with E-state index in [1.807, 2.05) is 24.3 Å². The SMILES string of the molecule is CCN(CC)NCCNCc1ccc(-c2ccc(C(F)(F)F)cc2)cc1. The fourth-order valence-corrected chi connectivity index (χ4v) is 2.65. The predicted molar refractivity (Wildman–Crippen MR) is 99.5 cm³/mol. The smallest absolute Gasteiger partial charge is 0.311 e. The molecule has 0 aromatic heterocycles. The zero-order chi connectivity index (χ0) is 19.0. The average molecular weight is 365 g/mol. The summed E-state index contributed by atoms with van der Waals surface area (Å²) in [5, 5.41) is 5.53. The highest BCUT2D eigenvalue weighted by Gasteiger charge is 2.29. The van der Waals surface area contributed by atoms with E-state index in [-0.39, 0.29) is 0 Å². The highest BCUT2D eigenvalue weighted by Crippen LogP contribution is 2.31. The van der Waals surface area contributed by atoms with Crippen molar-refractivity contribution in [2.24, 2.45) is 0 Å². The van der Waals surface area contributed by atoms with Gasteiger partial charge in [-0.2, -0.15) is 13.2 Å². The summed E-state index contributed by atoms with van der Waals surface area (Å²) in [5.41, 5.74) is 5.55. The number of nitrogens with zero attached hydrogens (tertiary/aromatic N) is 1. The molecule has 0 fully saturated rings. The Bertz CT molecular complexity index is 647. The monoisotopic (exact) mass is 365 g/mol. The van der Waals surface area contributed by atoms with Crippen LogP contribution in [0.15, 0.2) is 48.5 Å². The van der Waals surface area contributed by atoms with Crippen LogP contribution in [0.4, 0.5) is 13.2 Å². The molecule has 0 aliphatic heterocycles. The van der Waals surface area contributed by atoms with E-state index in [0.29, 0.717) is 0 Å². The third kappa shape index (κ3) is 6.12. The standard InChI is InChI=1S/C20H26F3N3/c1-3-26(4-2)25-14-13-24-15-16-5-7-17(8-6-16)18-9-11-19(12-10-18)20(21,22)23/h5-12,24-25H,3-4,13-15H2,1-2H3. The molecular formula is C20H26F3N3. The molecule has 0 bridgehead atoms. The van der Waals surface area contributed by atoms with Crippen molar-refractivity contribution in [2.75, 3.05) is 26.2 Å². The van der Waals surface area contributed by atoms with Crippen molar-refractivity contribution in [2.45, 2.75) is 26.6 Å². The first-order chi connectivity index (χ1) is 12.4. The summed E-state index contributed by atoms with van der Waals surface area (Å²) in [7, 11) is 0. The van der Waals surface area contributed by atoms with Crippen molar-refractivity contribution < 1.29 is 13.2 Å². The molecule has 2 rings (SSSR count). The van der Waals surface area contributed by atoms with Crippen molar-refractivity contribution in [1.82, 2.24) is 15.8 Å². The highest BCUT2D eigenvalue weighted by molar-refractivity contribution is 5.64. The maximum absolute atomic E-state index is 12.6. The lowest BCUT2D eigenvalue weighted by molar-refractivity contribution is -0.137. The first-order valence-corrected chi connectivity index (χ1v) is 8.89. The quantitative estimate of drug-likeness (QED) is 0.512. The fraction of sp³-hybridized carbons (Fsp3) is 0.400. The van der Waals surface area contributed by atoms with Crippen LogP contribution >= 0.6 is 0 Å². The molecule has 0 saturated carbocycles. The molecule has 142 valence electrons. The molecular weight excluding hydrogens is 339 g/mol. The van der Waals surface area contributed by atoms with E-state index in [1.54, 1.807) is 0 Å². The van der Waals surface area contributed by atoms with Gasteiger partial charge in [-0.15, -0.1) is 0 Å². The number of hydrogen-bond donors (Lipinski definition) is 2. The normalized spacial score (nSPS) is 11.9. The molecule has 0 atom stereocenters. The van der Waals surface area contributed by atoms with Crippen LogP contribution in [-0.4, -0.2) is 31.2 Å². The second kappa shape index (κ2) is 9.71. The third-order valence-corrected chi connectivity index (χ3v) is 4.23. The van der Waals surface area contributed by atoms with Crippen LogP contribution in [0, 0.1) is 0 Å². The van der Waals surface area contributed by atoms with Crippen LogP contribution in [-0.2, 0) is 12.7 Å². The zero-order valence-corrected chi connectivity index (χ0v) is 15.2. The van der Waals surface area contributed by atoms with E-state index in [1.165, 1.54) is 12.1 Å². The van der Waals surface area contributed by atoms with E-state index in [4.69, 9.17) is 0 Å². The van der Waals surface area contributed by atoms with Crippen LogP contribution in [0.3, 0.4) is 0 Å². The highest BCUT2D eigenvalue weighted by atomic mass is 19.4. The molecule has 3 nitrogen and oxygen atoms in total. The summed E-state index contributed by atoms with van der Waals surface area (Å²) in [6.07, 6.45) is -4.30. The number of nitrogens with one attached hydrogen (secondary N) is 2. The Morgan fingerprint density at radius 3 is 1.85 bits per heavy atom. The molecule has 0 unspecified atom stereocenters. The van der Waals surface area contributed by atoms with Gasteiger partial charge in [-0.3, -0.25) is 5.43 Å². The maximum atomic E-state index is 12.6. The van der Waals surface area contributed by atoms with Crippen LogP contribution in [0.1, 0.15) is 25.0 Å². The number of hydrazine groups is 1. The second-order valence-electron chi connectivity index (χ2n) is 6.03. The van der Waals surface area contributed by atoms with E-state index >= 15 is 0 Å². The van der Waals surface area contributed by atoms with Gasteiger partial charge in [-0.25, -0.2) is 5.01 Å². The zero-order valence-electron chi connectivity index (χ0n) is 15.2. The van der Waals surface area contributed by atoms with Gasteiger partial charge in [0.1, 0.15) is 0 Å². The largest absolute Gasteiger partial charge is 0.416 e. The lowest BCUT2D eigenvalue weighted by Gasteiger charge is -2.19. The number of alkyl halides is 3. The fourth-order valence-electron chi connectivity index (χ4n) is 2.65. The van der Waals surface area contributed by atoms with Crippen LogP contribution < -0.4 is 10.7 Å². The van der Waals surface area contributed by atoms with Crippen molar-refractivity contribution in [1.29, 1.82) is 0 Å². The molecule has 2 aromatic carbocycles. The summed E-state index contributed by atoms with van der Waals surface area (Å²) in [5.74, 6) is 0. The third-order valence-electron chi connectivity index (χ3n) is 4.23. The van der Waals surface area contributed by atoms with Crippen LogP contribution in [0.25, 0.3) is 11.1 Å². The lowest BCUT2D eigenvalue weighted by Crippen LogP contribution is -2.41. The number of hydrogen-bond acceptors (Lipinski definition) is 3. The molecule has 2 aromatic rings. The number of benzene rings is 2. The molecule has 0 aliphatic rings. The van der Waals surface area contributed by atoms with Gasteiger partial charge in [-0.1, -0.05) is 50.2 Å². The first-order valence-electron chi connectivity index (χ1n) is 8.89. The molecule has 0 aliphatic carbocycles. The molecule has 0 saturated heterocycles. The minimum absolute atomic E-state index is 0.625. The van der Waals surface area contributed by atoms with Gasteiger partial charge in [0.25, 0.3) is 0 Å². The van der Waals surface area contributed by atoms with Crippen molar-refractivity contribution in [3.05, 3.63) is 59.7 Å². The molecule has 0 amide bonds. The summed E-state index contributed by atoms with van der Waals surface area (Å²) in [6, 6.07) is 13.1. The average Bonchev–Trinajstić information content (AvgIpc) is 2.65. The van der Waals surface area contributed by atoms with Gasteiger partial charge >= 0.3 is 6.18 Å². The Labute approximate surface area is 153 Å². The van der Waals surface area contributed by atoms with Gasteiger partial charge in [0.2, 0.25) is 0 Å².